The zero-order valence-corrected chi connectivity index (χ0v) is 14.8. The Balaban J connectivity index is 1.61. The molecule has 1 aromatic carbocycles. The zero-order chi connectivity index (χ0) is 17.6. The first-order chi connectivity index (χ1) is 12.2. The predicted molar refractivity (Wildman–Crippen MR) is 96.3 cm³/mol. The van der Waals surface area contributed by atoms with Gasteiger partial charge in [0.1, 0.15) is 0 Å². The third-order valence-electron chi connectivity index (χ3n) is 3.89. The minimum Gasteiger partial charge on any atom is -0.450 e. The molecule has 2 amide bonds. The Morgan fingerprint density at radius 2 is 2.00 bits per heavy atom. The topological polar surface area (TPSA) is 74.8 Å². The Kier molecular flexibility index (Phi) is 5.49. The number of benzene rings is 1. The maximum atomic E-state index is 12.7. The summed E-state index contributed by atoms with van der Waals surface area (Å²) >= 11 is 1.50. The number of thiazole rings is 1. The summed E-state index contributed by atoms with van der Waals surface area (Å²) in [5.41, 5.74) is 1.44. The average molecular weight is 360 g/mol. The second kappa shape index (κ2) is 7.98. The molecule has 0 saturated carbocycles. The normalized spacial score (nSPS) is 14.3. The van der Waals surface area contributed by atoms with E-state index in [1.165, 1.54) is 11.3 Å². The molecule has 0 bridgehead atoms. The molecule has 0 radical (unpaired) electrons. The van der Waals surface area contributed by atoms with Gasteiger partial charge in [-0.3, -0.25) is 4.79 Å². The lowest BCUT2D eigenvalue weighted by atomic mass is 10.1. The van der Waals surface area contributed by atoms with E-state index in [1.54, 1.807) is 29.0 Å². The highest BCUT2D eigenvalue weighted by Gasteiger charge is 2.25. The number of carbonyl (C=O) groups is 2. The molecule has 25 heavy (non-hydrogen) atoms. The standard InChI is InChI=1S/C17H20N4O3S/c1-2-24-17(23)21-9-7-20(8-10-21)15(22)13-4-3-5-14(12-13)19-16-18-6-11-25-16/h3-6,11-12H,2,7-10H2,1H3,(H,18,19). The number of hydrogen-bond donors (Lipinski definition) is 1. The third kappa shape index (κ3) is 4.27. The van der Waals surface area contributed by atoms with Gasteiger partial charge in [-0.2, -0.15) is 0 Å². The van der Waals surface area contributed by atoms with Crippen LogP contribution in [0, 0.1) is 0 Å². The Bertz CT molecular complexity index is 727. The van der Waals surface area contributed by atoms with Crippen molar-refractivity contribution in [2.75, 3.05) is 38.1 Å². The van der Waals surface area contributed by atoms with Crippen LogP contribution >= 0.6 is 11.3 Å². The van der Waals surface area contributed by atoms with Crippen LogP contribution in [0.1, 0.15) is 17.3 Å². The molecular formula is C17H20N4O3S. The minimum absolute atomic E-state index is 0.0358. The van der Waals surface area contributed by atoms with Crippen LogP contribution in [0.3, 0.4) is 0 Å². The number of rotatable bonds is 4. The molecule has 1 aromatic heterocycles. The maximum Gasteiger partial charge on any atom is 0.409 e. The van der Waals surface area contributed by atoms with E-state index < -0.39 is 0 Å². The molecule has 1 saturated heterocycles. The molecule has 0 spiro atoms. The van der Waals surface area contributed by atoms with Gasteiger partial charge in [-0.05, 0) is 25.1 Å². The summed E-state index contributed by atoms with van der Waals surface area (Å²) in [6, 6.07) is 7.36. The zero-order valence-electron chi connectivity index (χ0n) is 14.0. The molecule has 8 heteroatoms. The van der Waals surface area contributed by atoms with Crippen molar-refractivity contribution in [1.82, 2.24) is 14.8 Å². The summed E-state index contributed by atoms with van der Waals surface area (Å²) in [5, 5.41) is 5.86. The molecule has 0 atom stereocenters. The van der Waals surface area contributed by atoms with Crippen LogP contribution in [0.4, 0.5) is 15.6 Å². The van der Waals surface area contributed by atoms with E-state index in [1.807, 2.05) is 23.6 Å². The highest BCUT2D eigenvalue weighted by atomic mass is 32.1. The van der Waals surface area contributed by atoms with E-state index in [0.29, 0.717) is 38.3 Å². The predicted octanol–water partition coefficient (Wildman–Crippen LogP) is 2.80. The molecule has 1 aliphatic rings. The molecule has 0 aliphatic carbocycles. The highest BCUT2D eigenvalue weighted by molar-refractivity contribution is 7.13. The van der Waals surface area contributed by atoms with E-state index in [2.05, 4.69) is 10.3 Å². The summed E-state index contributed by atoms with van der Waals surface area (Å²) in [6.45, 7) is 4.12. The fraction of sp³-hybridized carbons (Fsp3) is 0.353. The smallest absolute Gasteiger partial charge is 0.409 e. The van der Waals surface area contributed by atoms with E-state index in [4.69, 9.17) is 4.74 Å². The van der Waals surface area contributed by atoms with Crippen molar-refractivity contribution >= 4 is 34.2 Å². The number of aromatic nitrogens is 1. The molecule has 2 aromatic rings. The van der Waals surface area contributed by atoms with Crippen molar-refractivity contribution in [3.63, 3.8) is 0 Å². The van der Waals surface area contributed by atoms with Crippen molar-refractivity contribution in [2.24, 2.45) is 0 Å². The van der Waals surface area contributed by atoms with Crippen LogP contribution in [0.2, 0.25) is 0 Å². The molecule has 132 valence electrons. The lowest BCUT2D eigenvalue weighted by Crippen LogP contribution is -2.50. The Morgan fingerprint density at radius 1 is 1.24 bits per heavy atom. The van der Waals surface area contributed by atoms with Gasteiger partial charge in [-0.15, -0.1) is 11.3 Å². The molecule has 1 aliphatic heterocycles. The second-order valence-electron chi connectivity index (χ2n) is 5.52. The van der Waals surface area contributed by atoms with E-state index in [9.17, 15) is 9.59 Å². The first-order valence-corrected chi connectivity index (χ1v) is 9.03. The number of hydrogen-bond acceptors (Lipinski definition) is 6. The van der Waals surface area contributed by atoms with Crippen molar-refractivity contribution in [1.29, 1.82) is 0 Å². The molecule has 3 rings (SSSR count). The quantitative estimate of drug-likeness (QED) is 0.907. The summed E-state index contributed by atoms with van der Waals surface area (Å²) in [7, 11) is 0. The summed E-state index contributed by atoms with van der Waals surface area (Å²) < 4.78 is 5.00. The van der Waals surface area contributed by atoms with E-state index in [-0.39, 0.29) is 12.0 Å². The van der Waals surface area contributed by atoms with Gasteiger partial charge in [0.2, 0.25) is 0 Å². The van der Waals surface area contributed by atoms with Crippen molar-refractivity contribution in [3.8, 4) is 0 Å². The molecular weight excluding hydrogens is 340 g/mol. The third-order valence-corrected chi connectivity index (χ3v) is 4.57. The van der Waals surface area contributed by atoms with Crippen molar-refractivity contribution < 1.29 is 14.3 Å². The van der Waals surface area contributed by atoms with E-state index >= 15 is 0 Å². The number of amides is 2. The van der Waals surface area contributed by atoms with Gasteiger partial charge >= 0.3 is 6.09 Å². The van der Waals surface area contributed by atoms with Gasteiger partial charge in [0.25, 0.3) is 5.91 Å². The van der Waals surface area contributed by atoms with Gasteiger partial charge in [0.05, 0.1) is 6.61 Å². The summed E-state index contributed by atoms with van der Waals surface area (Å²) in [5.74, 6) is -0.0358. The van der Waals surface area contributed by atoms with Crippen LogP contribution in [-0.2, 0) is 4.74 Å². The van der Waals surface area contributed by atoms with Gasteiger partial charge in [-0.1, -0.05) is 6.07 Å². The summed E-state index contributed by atoms with van der Waals surface area (Å²) in [6.07, 6.45) is 1.41. The lowest BCUT2D eigenvalue weighted by Gasteiger charge is -2.34. The number of nitrogens with one attached hydrogen (secondary N) is 1. The maximum absolute atomic E-state index is 12.7. The fourth-order valence-corrected chi connectivity index (χ4v) is 3.18. The number of nitrogens with zero attached hydrogens (tertiary/aromatic N) is 3. The minimum atomic E-state index is -0.316. The number of ether oxygens (including phenoxy) is 1. The molecule has 1 N–H and O–H groups in total. The lowest BCUT2D eigenvalue weighted by molar-refractivity contribution is 0.0570. The monoisotopic (exact) mass is 360 g/mol. The molecule has 2 heterocycles. The SMILES string of the molecule is CCOC(=O)N1CCN(C(=O)c2cccc(Nc3nccs3)c2)CC1. The van der Waals surface area contributed by atoms with Gasteiger partial charge in [-0.25, -0.2) is 9.78 Å². The van der Waals surface area contributed by atoms with E-state index in [0.717, 1.165) is 10.8 Å². The number of anilines is 2. The fourth-order valence-electron chi connectivity index (χ4n) is 2.63. The molecule has 7 nitrogen and oxygen atoms in total. The Labute approximate surface area is 150 Å². The second-order valence-corrected chi connectivity index (χ2v) is 6.42. The van der Waals surface area contributed by atoms with Crippen LogP contribution in [-0.4, -0.2) is 59.6 Å². The largest absolute Gasteiger partial charge is 0.450 e. The van der Waals surface area contributed by atoms with Gasteiger partial charge < -0.3 is 19.9 Å². The highest BCUT2D eigenvalue weighted by Crippen LogP contribution is 2.20. The Hall–Kier alpha value is -2.61. The van der Waals surface area contributed by atoms with Crippen LogP contribution in [0.15, 0.2) is 35.8 Å². The molecule has 0 unspecified atom stereocenters. The van der Waals surface area contributed by atoms with Gasteiger partial charge in [0.15, 0.2) is 5.13 Å². The van der Waals surface area contributed by atoms with Crippen LogP contribution < -0.4 is 5.32 Å². The van der Waals surface area contributed by atoms with Crippen LogP contribution in [0.25, 0.3) is 0 Å². The summed E-state index contributed by atoms with van der Waals surface area (Å²) in [4.78, 5) is 32.0. The number of carbonyl (C=O) groups excluding carboxylic acids is 2. The van der Waals surface area contributed by atoms with Crippen LogP contribution in [0.5, 0.6) is 0 Å². The van der Waals surface area contributed by atoms with Gasteiger partial charge in [0, 0.05) is 49.0 Å². The average Bonchev–Trinajstić information content (AvgIpc) is 3.15. The first kappa shape index (κ1) is 17.2. The number of piperazine rings is 1. The van der Waals surface area contributed by atoms with Crippen molar-refractivity contribution in [2.45, 2.75) is 6.92 Å². The first-order valence-electron chi connectivity index (χ1n) is 8.15. The Morgan fingerprint density at radius 3 is 2.68 bits per heavy atom. The molecule has 1 fully saturated rings. The van der Waals surface area contributed by atoms with Crippen molar-refractivity contribution in [3.05, 3.63) is 41.4 Å².